The number of aliphatic hydroxyl groups excluding tert-OH is 8. The van der Waals surface area contributed by atoms with Crippen LogP contribution in [0.5, 0.6) is 17.2 Å². The van der Waals surface area contributed by atoms with E-state index in [0.717, 1.165) is 0 Å². The molecule has 15 atom stereocenters. The minimum atomic E-state index is -2.29. The van der Waals surface area contributed by atoms with Crippen LogP contribution in [0.25, 0.3) is 16.3 Å². The highest BCUT2D eigenvalue weighted by molar-refractivity contribution is 6.11. The van der Waals surface area contributed by atoms with Gasteiger partial charge in [-0.05, 0) is 29.2 Å². The molecule has 0 amide bonds. The summed E-state index contributed by atoms with van der Waals surface area (Å²) in [5.41, 5.74) is -3.64. The zero-order valence-electron chi connectivity index (χ0n) is 34.8. The number of carbonyl (C=O) groups is 1. The summed E-state index contributed by atoms with van der Waals surface area (Å²) in [5.74, 6) is 0.446. The molecular formula is C41H50O24. The molecule has 10 N–H and O–H groups in total. The van der Waals surface area contributed by atoms with E-state index in [1.165, 1.54) is 14.2 Å². The standard InChI is InChI=1S/C41H50O24/c1-53-22-3-15-16(4-23(22)54-2)31(18-7-55-35(50)27(18)26(15)17-5-24-25(6-19(17)43)62-14-61-24)63-39-34(41(52,13-60-39)12-58-36-29(47)28(46)20(44)8-56-36)65-37-30(48)32(21(45)9-57-37)64-38-33(49)40(51,10-42)11-59-38/h3-5,19-21,28-30,32-34,36-39,42-49,51-52H,6-14H2,1-2H3/t19?,20-,21-,28+,29-,30-,32+,33+,34+,36+,37+,38+,39+,40-,41-/m1/s1. The molecule has 24 heteroatoms. The topological polar surface area (TPSA) is 339 Å². The second-order valence-corrected chi connectivity index (χ2v) is 16.7. The number of benzene rings is 2. The van der Waals surface area contributed by atoms with E-state index < -0.39 is 137 Å². The average molecular weight is 927 g/mol. The lowest BCUT2D eigenvalue weighted by Crippen LogP contribution is -2.61. The number of cyclic esters (lactones) is 1. The second kappa shape index (κ2) is 17.9. The van der Waals surface area contributed by atoms with E-state index in [2.05, 4.69) is 0 Å². The summed E-state index contributed by atoms with van der Waals surface area (Å²) >= 11 is 0. The molecule has 358 valence electrons. The molecule has 0 bridgehead atoms. The SMILES string of the molecule is COc1cc2c(O[C@@H]3OC[C@](O)(CO[C@@H]4OC[C@@H](O)[C@H](O)[C@H]4O)[C@H]3O[C@@H]3OC[C@@H](O)[C@H](O[C@@H]4OC[C@](O)(CO)[C@H]4O)[C@H]3O)c3c(c(C4=CC5=C(CC4O)OCO5)c2cc1OC)C(=O)OC3. The molecular weight excluding hydrogens is 876 g/mol. The minimum Gasteiger partial charge on any atom is -0.493 e. The van der Waals surface area contributed by atoms with Gasteiger partial charge in [0.2, 0.25) is 13.1 Å². The fourth-order valence-corrected chi connectivity index (χ4v) is 8.80. The second-order valence-electron chi connectivity index (χ2n) is 16.7. The normalized spacial score (nSPS) is 39.1. The highest BCUT2D eigenvalue weighted by Crippen LogP contribution is 2.50. The van der Waals surface area contributed by atoms with Crippen molar-refractivity contribution in [3.8, 4) is 17.2 Å². The van der Waals surface area contributed by atoms with E-state index in [4.69, 9.17) is 61.6 Å². The zero-order chi connectivity index (χ0) is 46.1. The Morgan fingerprint density at radius 2 is 1.43 bits per heavy atom. The summed E-state index contributed by atoms with van der Waals surface area (Å²) in [5, 5.41) is 108. The molecule has 65 heavy (non-hydrogen) atoms. The number of aliphatic hydroxyl groups is 10. The molecule has 6 heterocycles. The van der Waals surface area contributed by atoms with Crippen LogP contribution < -0.4 is 14.2 Å². The Labute approximate surface area is 368 Å². The predicted octanol–water partition coefficient (Wildman–Crippen LogP) is -3.90. The van der Waals surface area contributed by atoms with Gasteiger partial charge in [0, 0.05) is 22.9 Å². The van der Waals surface area contributed by atoms with Crippen LogP contribution in [0, 0.1) is 0 Å². The lowest BCUT2D eigenvalue weighted by molar-refractivity contribution is -0.332. The molecule has 2 aromatic carbocycles. The van der Waals surface area contributed by atoms with Crippen LogP contribution in [0.15, 0.2) is 29.7 Å². The van der Waals surface area contributed by atoms with Crippen LogP contribution in [-0.4, -0.2) is 209 Å². The highest BCUT2D eigenvalue weighted by atomic mass is 16.8. The zero-order valence-corrected chi connectivity index (χ0v) is 34.8. The van der Waals surface area contributed by atoms with Crippen molar-refractivity contribution in [1.29, 1.82) is 0 Å². The number of fused-ring (bicyclic) bond motifs is 2. The number of hydrogen-bond acceptors (Lipinski definition) is 24. The Balaban J connectivity index is 1.09. The quantitative estimate of drug-likeness (QED) is 0.0859. The van der Waals surface area contributed by atoms with Crippen molar-refractivity contribution >= 4 is 22.3 Å². The number of ether oxygens (including phenoxy) is 13. The molecule has 6 aliphatic heterocycles. The highest BCUT2D eigenvalue weighted by Gasteiger charge is 2.57. The molecule has 0 aromatic heterocycles. The van der Waals surface area contributed by atoms with Gasteiger partial charge in [-0.15, -0.1) is 0 Å². The lowest BCUT2D eigenvalue weighted by Gasteiger charge is -2.42. The average Bonchev–Trinajstić information content (AvgIpc) is 4.07. The van der Waals surface area contributed by atoms with Crippen LogP contribution in [0.4, 0.5) is 0 Å². The smallest absolute Gasteiger partial charge is 0.339 e. The summed E-state index contributed by atoms with van der Waals surface area (Å²) < 4.78 is 74.8. The number of rotatable bonds is 13. The van der Waals surface area contributed by atoms with E-state index in [1.54, 1.807) is 18.2 Å². The Morgan fingerprint density at radius 3 is 2.15 bits per heavy atom. The Kier molecular flexibility index (Phi) is 12.7. The molecule has 0 radical (unpaired) electrons. The maximum atomic E-state index is 13.8. The maximum absolute atomic E-state index is 13.8. The van der Waals surface area contributed by atoms with E-state index >= 15 is 0 Å². The number of esters is 1. The van der Waals surface area contributed by atoms with Crippen molar-refractivity contribution in [2.45, 2.75) is 104 Å². The molecule has 4 saturated heterocycles. The molecule has 2 aromatic rings. The van der Waals surface area contributed by atoms with Crippen molar-refractivity contribution in [2.75, 3.05) is 60.7 Å². The Bertz CT molecular complexity index is 2200. The van der Waals surface area contributed by atoms with Crippen molar-refractivity contribution in [1.82, 2.24) is 0 Å². The molecule has 4 fully saturated rings. The van der Waals surface area contributed by atoms with Gasteiger partial charge in [-0.1, -0.05) is 0 Å². The molecule has 7 aliphatic rings. The van der Waals surface area contributed by atoms with Gasteiger partial charge in [0.05, 0.1) is 65.5 Å². The van der Waals surface area contributed by atoms with Crippen LogP contribution in [0.1, 0.15) is 27.9 Å². The Morgan fingerprint density at radius 1 is 0.738 bits per heavy atom. The van der Waals surface area contributed by atoms with Crippen LogP contribution in [0.3, 0.4) is 0 Å². The monoisotopic (exact) mass is 926 g/mol. The van der Waals surface area contributed by atoms with Crippen molar-refractivity contribution < 1.29 is 117 Å². The van der Waals surface area contributed by atoms with Crippen molar-refractivity contribution in [3.63, 3.8) is 0 Å². The summed E-state index contributed by atoms with van der Waals surface area (Å²) in [4.78, 5) is 13.8. The lowest BCUT2D eigenvalue weighted by atomic mass is 9.84. The fraction of sp³-hybridized carbons (Fsp3) is 0.634. The molecule has 1 aliphatic carbocycles. The van der Waals surface area contributed by atoms with Gasteiger partial charge in [-0.3, -0.25) is 0 Å². The third-order valence-corrected chi connectivity index (χ3v) is 12.5. The van der Waals surface area contributed by atoms with E-state index in [9.17, 15) is 55.9 Å². The van der Waals surface area contributed by atoms with Gasteiger partial charge in [-0.2, -0.15) is 0 Å². The molecule has 9 rings (SSSR count). The molecule has 0 spiro atoms. The summed E-state index contributed by atoms with van der Waals surface area (Å²) in [7, 11) is 2.81. The van der Waals surface area contributed by atoms with Gasteiger partial charge in [0.15, 0.2) is 42.2 Å². The Hall–Kier alpha value is -4.03. The predicted molar refractivity (Wildman–Crippen MR) is 207 cm³/mol. The first-order valence-corrected chi connectivity index (χ1v) is 20.6. The van der Waals surface area contributed by atoms with Gasteiger partial charge in [0.1, 0.15) is 72.0 Å². The van der Waals surface area contributed by atoms with Crippen LogP contribution in [0.2, 0.25) is 0 Å². The number of allylic oxidation sites excluding steroid dienone is 1. The first-order valence-electron chi connectivity index (χ1n) is 20.6. The minimum absolute atomic E-state index is 0.00987. The van der Waals surface area contributed by atoms with E-state index in [0.29, 0.717) is 22.5 Å². The van der Waals surface area contributed by atoms with E-state index in [-0.39, 0.29) is 59.1 Å². The molecule has 1 unspecified atom stereocenters. The summed E-state index contributed by atoms with van der Waals surface area (Å²) in [6, 6.07) is 3.13. The number of carbonyl (C=O) groups excluding carboxylic acids is 1. The van der Waals surface area contributed by atoms with Gasteiger partial charge < -0.3 is 113 Å². The molecule has 0 saturated carbocycles. The third kappa shape index (κ3) is 8.08. The first-order chi connectivity index (χ1) is 31.1. The summed E-state index contributed by atoms with van der Waals surface area (Å²) in [6.45, 7) is -4.21. The van der Waals surface area contributed by atoms with Crippen molar-refractivity contribution in [2.24, 2.45) is 0 Å². The van der Waals surface area contributed by atoms with Gasteiger partial charge >= 0.3 is 5.97 Å². The van der Waals surface area contributed by atoms with E-state index in [1.807, 2.05) is 0 Å². The number of hydrogen-bond donors (Lipinski definition) is 10. The summed E-state index contributed by atoms with van der Waals surface area (Å²) in [6.07, 6.45) is -19.8. The van der Waals surface area contributed by atoms with Crippen molar-refractivity contribution in [3.05, 3.63) is 46.4 Å². The van der Waals surface area contributed by atoms with Crippen LogP contribution in [-0.2, 0) is 54.0 Å². The maximum Gasteiger partial charge on any atom is 0.339 e. The van der Waals surface area contributed by atoms with Gasteiger partial charge in [-0.25, -0.2) is 4.79 Å². The number of methoxy groups -OCH3 is 2. The fourth-order valence-electron chi connectivity index (χ4n) is 8.80. The largest absolute Gasteiger partial charge is 0.493 e. The van der Waals surface area contributed by atoms with Gasteiger partial charge in [0.25, 0.3) is 0 Å². The first kappa shape index (κ1) is 46.1. The van der Waals surface area contributed by atoms with Crippen LogP contribution >= 0.6 is 0 Å². The third-order valence-electron chi connectivity index (χ3n) is 12.5. The molecule has 24 nitrogen and oxygen atoms in total.